The maximum Gasteiger partial charge on any atom is 0.240 e. The summed E-state index contributed by atoms with van der Waals surface area (Å²) in [5.74, 6) is 0. The lowest BCUT2D eigenvalue weighted by atomic mass is 9.98. The third kappa shape index (κ3) is 7.48. The summed E-state index contributed by atoms with van der Waals surface area (Å²) in [6.45, 7) is 0.552. The van der Waals surface area contributed by atoms with E-state index >= 15 is 0 Å². The summed E-state index contributed by atoms with van der Waals surface area (Å²) in [5.41, 5.74) is 5.31. The minimum Gasteiger partial charge on any atom is -0.392 e. The molecule has 45 heavy (non-hydrogen) atoms. The van der Waals surface area contributed by atoms with E-state index in [1.165, 1.54) is 0 Å². The average molecular weight is 665 g/mol. The van der Waals surface area contributed by atoms with Gasteiger partial charge in [0.25, 0.3) is 0 Å². The SMILES string of the molecule is O=S(=O)(NCc1cccc(-c2cccc(C3OC(Cn4cnc(Cl)c4Cl)CC(c4ccc(CO)cc4)O3)c2)c1)c1ccccc1. The average Bonchev–Trinajstić information content (AvgIpc) is 3.40. The summed E-state index contributed by atoms with van der Waals surface area (Å²) in [7, 11) is -3.64. The number of ether oxygens (including phenoxy) is 2. The molecule has 232 valence electrons. The van der Waals surface area contributed by atoms with Gasteiger partial charge in [-0.1, -0.05) is 102 Å². The molecule has 1 aliphatic rings. The number of rotatable bonds is 10. The van der Waals surface area contributed by atoms with Gasteiger partial charge in [0.2, 0.25) is 10.0 Å². The van der Waals surface area contributed by atoms with Crippen LogP contribution in [0, 0.1) is 0 Å². The van der Waals surface area contributed by atoms with Crippen molar-refractivity contribution in [3.8, 4) is 11.1 Å². The van der Waals surface area contributed by atoms with E-state index in [1.54, 1.807) is 41.2 Å². The van der Waals surface area contributed by atoms with Crippen LogP contribution in [-0.4, -0.2) is 29.2 Å². The van der Waals surface area contributed by atoms with E-state index in [4.69, 9.17) is 32.7 Å². The van der Waals surface area contributed by atoms with Crippen molar-refractivity contribution < 1.29 is 23.0 Å². The van der Waals surface area contributed by atoms with Crippen molar-refractivity contribution in [3.05, 3.63) is 142 Å². The van der Waals surface area contributed by atoms with Crippen LogP contribution in [0.15, 0.2) is 114 Å². The maximum atomic E-state index is 12.7. The number of benzene rings is 4. The fourth-order valence-electron chi connectivity index (χ4n) is 5.31. The molecule has 11 heteroatoms. The number of aliphatic hydroxyl groups is 1. The fourth-order valence-corrected chi connectivity index (χ4v) is 6.66. The number of imidazole rings is 1. The molecular formula is C34H31Cl2N3O5S. The van der Waals surface area contributed by atoms with Crippen LogP contribution in [0.2, 0.25) is 10.3 Å². The summed E-state index contributed by atoms with van der Waals surface area (Å²) >= 11 is 12.5. The van der Waals surface area contributed by atoms with Gasteiger partial charge in [-0.05, 0) is 52.1 Å². The normalized spacial score (nSPS) is 18.6. The first kappa shape index (κ1) is 31.4. The second-order valence-electron chi connectivity index (χ2n) is 10.8. The summed E-state index contributed by atoms with van der Waals surface area (Å²) in [5, 5.41) is 10.1. The third-order valence-electron chi connectivity index (χ3n) is 7.69. The number of halogens is 2. The molecular weight excluding hydrogens is 633 g/mol. The highest BCUT2D eigenvalue weighted by atomic mass is 35.5. The van der Waals surface area contributed by atoms with Gasteiger partial charge in [-0.3, -0.25) is 0 Å². The molecule has 3 atom stereocenters. The molecule has 2 heterocycles. The standard InChI is InChI=1S/C34H31Cl2N3O5S/c35-32-33(36)39(22-37-32)20-29-18-31(25-14-12-23(21-40)13-15-25)44-34(43-29)28-9-5-8-27(17-28)26-7-4-6-24(16-26)19-38-45(41,42)30-10-2-1-3-11-30/h1-17,22,29,31,34,38,40H,18-21H2. The van der Waals surface area contributed by atoms with Gasteiger partial charge in [0.1, 0.15) is 5.15 Å². The Morgan fingerprint density at radius 3 is 2.29 bits per heavy atom. The van der Waals surface area contributed by atoms with Crippen molar-refractivity contribution in [2.45, 2.75) is 49.5 Å². The molecule has 0 saturated carbocycles. The number of hydrogen-bond acceptors (Lipinski definition) is 6. The molecule has 8 nitrogen and oxygen atoms in total. The first-order chi connectivity index (χ1) is 21.8. The van der Waals surface area contributed by atoms with Gasteiger partial charge >= 0.3 is 0 Å². The number of hydrogen-bond donors (Lipinski definition) is 2. The molecule has 1 aliphatic heterocycles. The molecule has 3 unspecified atom stereocenters. The molecule has 5 aromatic rings. The van der Waals surface area contributed by atoms with Gasteiger partial charge < -0.3 is 19.1 Å². The van der Waals surface area contributed by atoms with Gasteiger partial charge in [-0.15, -0.1) is 0 Å². The van der Waals surface area contributed by atoms with E-state index in [9.17, 15) is 13.5 Å². The predicted octanol–water partition coefficient (Wildman–Crippen LogP) is 7.07. The maximum absolute atomic E-state index is 12.7. The zero-order valence-electron chi connectivity index (χ0n) is 24.1. The Labute approximate surface area is 272 Å². The molecule has 4 aromatic carbocycles. The molecule has 0 aliphatic carbocycles. The van der Waals surface area contributed by atoms with Crippen molar-refractivity contribution in [1.82, 2.24) is 14.3 Å². The van der Waals surface area contributed by atoms with Gasteiger partial charge in [0, 0.05) is 18.5 Å². The number of nitrogens with zero attached hydrogens (tertiary/aromatic N) is 2. The van der Waals surface area contributed by atoms with E-state index in [1.807, 2.05) is 72.8 Å². The van der Waals surface area contributed by atoms with Gasteiger partial charge in [0.15, 0.2) is 11.4 Å². The lowest BCUT2D eigenvalue weighted by Crippen LogP contribution is -2.32. The van der Waals surface area contributed by atoms with Crippen molar-refractivity contribution >= 4 is 33.2 Å². The Morgan fingerprint density at radius 2 is 1.58 bits per heavy atom. The quantitative estimate of drug-likeness (QED) is 0.166. The van der Waals surface area contributed by atoms with Crippen LogP contribution in [-0.2, 0) is 39.2 Å². The van der Waals surface area contributed by atoms with Gasteiger partial charge in [-0.25, -0.2) is 18.1 Å². The van der Waals surface area contributed by atoms with Crippen LogP contribution < -0.4 is 4.72 Å². The third-order valence-corrected chi connectivity index (χ3v) is 9.87. The highest BCUT2D eigenvalue weighted by molar-refractivity contribution is 7.89. The monoisotopic (exact) mass is 663 g/mol. The second-order valence-corrected chi connectivity index (χ2v) is 13.3. The van der Waals surface area contributed by atoms with Crippen molar-refractivity contribution in [1.29, 1.82) is 0 Å². The van der Waals surface area contributed by atoms with E-state index in [-0.39, 0.29) is 35.4 Å². The Hall–Kier alpha value is -3.54. The summed E-state index contributed by atoms with van der Waals surface area (Å²) < 4.78 is 42.9. The minimum atomic E-state index is -3.64. The first-order valence-electron chi connectivity index (χ1n) is 14.4. The number of sulfonamides is 1. The van der Waals surface area contributed by atoms with Gasteiger partial charge in [0.05, 0.1) is 36.6 Å². The largest absolute Gasteiger partial charge is 0.392 e. The van der Waals surface area contributed by atoms with E-state index in [2.05, 4.69) is 9.71 Å². The topological polar surface area (TPSA) is 103 Å². The molecule has 1 fully saturated rings. The second kappa shape index (κ2) is 13.8. The number of aliphatic hydroxyl groups excluding tert-OH is 1. The molecule has 0 spiro atoms. The smallest absolute Gasteiger partial charge is 0.240 e. The van der Waals surface area contributed by atoms with Crippen molar-refractivity contribution in [3.63, 3.8) is 0 Å². The van der Waals surface area contributed by atoms with E-state index in [0.717, 1.165) is 33.4 Å². The molecule has 0 amide bonds. The van der Waals surface area contributed by atoms with Crippen LogP contribution in [0.3, 0.4) is 0 Å². The summed E-state index contributed by atoms with van der Waals surface area (Å²) in [6.07, 6.45) is 0.950. The van der Waals surface area contributed by atoms with Crippen LogP contribution in [0.4, 0.5) is 0 Å². The molecule has 0 radical (unpaired) electrons. The molecule has 6 rings (SSSR count). The highest BCUT2D eigenvalue weighted by Gasteiger charge is 2.33. The zero-order chi connectivity index (χ0) is 31.4. The van der Waals surface area contributed by atoms with Gasteiger partial charge in [-0.2, -0.15) is 0 Å². The molecule has 1 saturated heterocycles. The zero-order valence-corrected chi connectivity index (χ0v) is 26.4. The minimum absolute atomic E-state index is 0.0348. The summed E-state index contributed by atoms with van der Waals surface area (Å²) in [6, 6.07) is 31.7. The number of nitrogens with one attached hydrogen (secondary N) is 1. The van der Waals surface area contributed by atoms with Crippen molar-refractivity contribution in [2.75, 3.05) is 0 Å². The molecule has 1 aromatic heterocycles. The van der Waals surface area contributed by atoms with Crippen LogP contribution in [0.5, 0.6) is 0 Å². The van der Waals surface area contributed by atoms with Crippen LogP contribution in [0.25, 0.3) is 11.1 Å². The lowest BCUT2D eigenvalue weighted by Gasteiger charge is -2.36. The lowest BCUT2D eigenvalue weighted by molar-refractivity contribution is -0.252. The van der Waals surface area contributed by atoms with Crippen molar-refractivity contribution in [2.24, 2.45) is 0 Å². The predicted molar refractivity (Wildman–Crippen MR) is 173 cm³/mol. The van der Waals surface area contributed by atoms with Crippen LogP contribution >= 0.6 is 23.2 Å². The fraction of sp³-hybridized carbons (Fsp3) is 0.206. The molecule has 2 N–H and O–H groups in total. The Morgan fingerprint density at radius 1 is 0.844 bits per heavy atom. The Bertz CT molecular complexity index is 1870. The van der Waals surface area contributed by atoms with Crippen LogP contribution in [0.1, 0.15) is 41.1 Å². The Balaban J connectivity index is 1.23. The Kier molecular flexibility index (Phi) is 9.67. The molecule has 0 bridgehead atoms. The van der Waals surface area contributed by atoms with E-state index < -0.39 is 16.3 Å². The first-order valence-corrected chi connectivity index (χ1v) is 16.6. The highest BCUT2D eigenvalue weighted by Crippen LogP contribution is 2.39. The number of aromatic nitrogens is 2. The van der Waals surface area contributed by atoms with E-state index in [0.29, 0.717) is 18.1 Å². The summed E-state index contributed by atoms with van der Waals surface area (Å²) in [4.78, 5) is 4.32.